The molecule has 1 aliphatic rings. The SMILES string of the molecule is Cc1cc(Cl)cc2nc(CC3(C(=O)O)CCCCC3)oc12. The largest absolute Gasteiger partial charge is 0.481 e. The predicted octanol–water partition coefficient (Wildman–Crippen LogP) is 4.37. The van der Waals surface area contributed by atoms with Crippen LogP contribution in [0.15, 0.2) is 16.5 Å². The summed E-state index contributed by atoms with van der Waals surface area (Å²) < 4.78 is 5.80. The van der Waals surface area contributed by atoms with Crippen LogP contribution >= 0.6 is 11.6 Å². The fraction of sp³-hybridized carbons (Fsp3) is 0.500. The number of carboxylic acids is 1. The standard InChI is InChI=1S/C16H18ClNO3/c1-10-7-11(17)8-12-14(10)21-13(18-12)9-16(15(19)20)5-3-2-4-6-16/h7-8H,2-6,9H2,1H3,(H,19,20). The Kier molecular flexibility index (Phi) is 3.66. The number of aliphatic carboxylic acids is 1. The van der Waals surface area contributed by atoms with Crippen LogP contribution in [-0.4, -0.2) is 16.1 Å². The summed E-state index contributed by atoms with van der Waals surface area (Å²) in [6.45, 7) is 1.91. The van der Waals surface area contributed by atoms with E-state index < -0.39 is 11.4 Å². The van der Waals surface area contributed by atoms with Gasteiger partial charge in [0.1, 0.15) is 5.52 Å². The van der Waals surface area contributed by atoms with Gasteiger partial charge in [-0.25, -0.2) is 4.98 Å². The average molecular weight is 308 g/mol. The Morgan fingerprint density at radius 1 is 1.38 bits per heavy atom. The third-order valence-electron chi connectivity index (χ3n) is 4.44. The molecule has 1 N–H and O–H groups in total. The van der Waals surface area contributed by atoms with Gasteiger partial charge in [-0.15, -0.1) is 0 Å². The van der Waals surface area contributed by atoms with Crippen molar-refractivity contribution in [3.05, 3.63) is 28.6 Å². The molecule has 4 nitrogen and oxygen atoms in total. The second kappa shape index (κ2) is 5.34. The van der Waals surface area contributed by atoms with E-state index in [0.29, 0.717) is 41.3 Å². The maximum atomic E-state index is 11.7. The van der Waals surface area contributed by atoms with Crippen LogP contribution in [0.25, 0.3) is 11.1 Å². The van der Waals surface area contributed by atoms with Crippen molar-refractivity contribution in [1.82, 2.24) is 4.98 Å². The van der Waals surface area contributed by atoms with Crippen molar-refractivity contribution in [2.24, 2.45) is 5.41 Å². The number of rotatable bonds is 3. The second-order valence-corrected chi connectivity index (χ2v) is 6.44. The smallest absolute Gasteiger partial charge is 0.310 e. The average Bonchev–Trinajstić information content (AvgIpc) is 2.82. The lowest BCUT2D eigenvalue weighted by atomic mass is 9.72. The highest BCUT2D eigenvalue weighted by Crippen LogP contribution is 2.40. The van der Waals surface area contributed by atoms with Crippen molar-refractivity contribution in [2.75, 3.05) is 0 Å². The van der Waals surface area contributed by atoms with Gasteiger partial charge >= 0.3 is 5.97 Å². The minimum Gasteiger partial charge on any atom is -0.481 e. The van der Waals surface area contributed by atoms with E-state index in [-0.39, 0.29) is 0 Å². The normalized spacial score (nSPS) is 18.0. The number of fused-ring (bicyclic) bond motifs is 1. The number of oxazole rings is 1. The number of aromatic nitrogens is 1. The Balaban J connectivity index is 1.96. The third kappa shape index (κ3) is 2.64. The van der Waals surface area contributed by atoms with Gasteiger partial charge in [0.15, 0.2) is 11.5 Å². The number of hydrogen-bond donors (Lipinski definition) is 1. The van der Waals surface area contributed by atoms with E-state index in [1.165, 1.54) is 0 Å². The lowest BCUT2D eigenvalue weighted by molar-refractivity contribution is -0.151. The number of nitrogens with zero attached hydrogens (tertiary/aromatic N) is 1. The first-order valence-corrected chi connectivity index (χ1v) is 7.67. The van der Waals surface area contributed by atoms with Crippen LogP contribution in [0.5, 0.6) is 0 Å². The molecule has 1 saturated carbocycles. The fourth-order valence-electron chi connectivity index (χ4n) is 3.26. The van der Waals surface area contributed by atoms with Crippen LogP contribution in [0, 0.1) is 12.3 Å². The van der Waals surface area contributed by atoms with Crippen LogP contribution in [0.1, 0.15) is 43.6 Å². The predicted molar refractivity (Wildman–Crippen MR) is 80.6 cm³/mol. The molecule has 1 aromatic carbocycles. The Morgan fingerprint density at radius 2 is 2.10 bits per heavy atom. The summed E-state index contributed by atoms with van der Waals surface area (Å²) in [6.07, 6.45) is 4.77. The molecule has 0 unspecified atom stereocenters. The van der Waals surface area contributed by atoms with Gasteiger partial charge in [0.2, 0.25) is 0 Å². The highest BCUT2D eigenvalue weighted by molar-refractivity contribution is 6.31. The van der Waals surface area contributed by atoms with Gasteiger partial charge in [-0.1, -0.05) is 30.9 Å². The van der Waals surface area contributed by atoms with Gasteiger partial charge in [0.05, 0.1) is 5.41 Å². The highest BCUT2D eigenvalue weighted by Gasteiger charge is 2.41. The van der Waals surface area contributed by atoms with Crippen LogP contribution < -0.4 is 0 Å². The molecule has 2 aromatic rings. The number of aryl methyl sites for hydroxylation is 1. The van der Waals surface area contributed by atoms with E-state index in [9.17, 15) is 9.90 Å². The highest BCUT2D eigenvalue weighted by atomic mass is 35.5. The lowest BCUT2D eigenvalue weighted by Gasteiger charge is -2.31. The van der Waals surface area contributed by atoms with Crippen LogP contribution in [0.3, 0.4) is 0 Å². The zero-order valence-corrected chi connectivity index (χ0v) is 12.7. The molecular weight excluding hydrogens is 290 g/mol. The molecule has 0 radical (unpaired) electrons. The molecule has 0 spiro atoms. The van der Waals surface area contributed by atoms with Crippen LogP contribution in [0.2, 0.25) is 5.02 Å². The van der Waals surface area contributed by atoms with Crippen molar-refractivity contribution in [3.63, 3.8) is 0 Å². The topological polar surface area (TPSA) is 63.3 Å². The fourth-order valence-corrected chi connectivity index (χ4v) is 3.53. The van der Waals surface area contributed by atoms with Crippen molar-refractivity contribution in [1.29, 1.82) is 0 Å². The number of halogens is 1. The van der Waals surface area contributed by atoms with Gasteiger partial charge in [0.25, 0.3) is 0 Å². The number of benzene rings is 1. The molecule has 0 atom stereocenters. The molecule has 0 aliphatic heterocycles. The molecule has 1 aromatic heterocycles. The Bertz CT molecular complexity index is 686. The van der Waals surface area contributed by atoms with Gasteiger partial charge < -0.3 is 9.52 Å². The van der Waals surface area contributed by atoms with Gasteiger partial charge in [-0.05, 0) is 37.5 Å². The van der Waals surface area contributed by atoms with Gasteiger partial charge in [-0.2, -0.15) is 0 Å². The number of carbonyl (C=O) groups is 1. The summed E-state index contributed by atoms with van der Waals surface area (Å²) in [5.74, 6) is -0.237. The summed E-state index contributed by atoms with van der Waals surface area (Å²) in [5, 5.41) is 10.2. The molecule has 0 amide bonds. The summed E-state index contributed by atoms with van der Waals surface area (Å²) >= 11 is 6.03. The van der Waals surface area contributed by atoms with Crippen molar-refractivity contribution < 1.29 is 14.3 Å². The van der Waals surface area contributed by atoms with Gasteiger partial charge in [-0.3, -0.25) is 4.79 Å². The maximum Gasteiger partial charge on any atom is 0.310 e. The molecule has 112 valence electrons. The van der Waals surface area contributed by atoms with Gasteiger partial charge in [0, 0.05) is 11.4 Å². The molecule has 0 bridgehead atoms. The summed E-state index contributed by atoms with van der Waals surface area (Å²) in [4.78, 5) is 16.2. The summed E-state index contributed by atoms with van der Waals surface area (Å²) in [5.41, 5.74) is 1.60. The minimum atomic E-state index is -0.737. The molecule has 1 heterocycles. The van der Waals surface area contributed by atoms with E-state index in [1.54, 1.807) is 6.07 Å². The van der Waals surface area contributed by atoms with E-state index in [4.69, 9.17) is 16.0 Å². The molecule has 1 aliphatic carbocycles. The quantitative estimate of drug-likeness (QED) is 0.914. The first-order chi connectivity index (χ1) is 10.00. The molecule has 3 rings (SSSR count). The van der Waals surface area contributed by atoms with Crippen LogP contribution in [0.4, 0.5) is 0 Å². The van der Waals surface area contributed by atoms with E-state index in [1.807, 2.05) is 13.0 Å². The van der Waals surface area contributed by atoms with E-state index in [0.717, 1.165) is 24.8 Å². The molecule has 5 heteroatoms. The summed E-state index contributed by atoms with van der Waals surface area (Å²) in [7, 11) is 0. The monoisotopic (exact) mass is 307 g/mol. The van der Waals surface area contributed by atoms with Crippen molar-refractivity contribution in [2.45, 2.75) is 45.4 Å². The van der Waals surface area contributed by atoms with E-state index >= 15 is 0 Å². The van der Waals surface area contributed by atoms with Crippen molar-refractivity contribution >= 4 is 28.7 Å². The zero-order chi connectivity index (χ0) is 15.0. The second-order valence-electron chi connectivity index (χ2n) is 6.00. The van der Waals surface area contributed by atoms with E-state index in [2.05, 4.69) is 4.98 Å². The Labute approximate surface area is 128 Å². The molecular formula is C16H18ClNO3. The first kappa shape index (κ1) is 14.4. The lowest BCUT2D eigenvalue weighted by Crippen LogP contribution is -2.35. The zero-order valence-electron chi connectivity index (χ0n) is 12.0. The summed E-state index contributed by atoms with van der Waals surface area (Å²) in [6, 6.07) is 3.58. The first-order valence-electron chi connectivity index (χ1n) is 7.29. The van der Waals surface area contributed by atoms with Crippen molar-refractivity contribution in [3.8, 4) is 0 Å². The third-order valence-corrected chi connectivity index (χ3v) is 4.66. The molecule has 21 heavy (non-hydrogen) atoms. The minimum absolute atomic E-state index is 0.355. The number of carboxylic acid groups (broad SMARTS) is 1. The maximum absolute atomic E-state index is 11.7. The Morgan fingerprint density at radius 3 is 2.76 bits per heavy atom. The number of hydrogen-bond acceptors (Lipinski definition) is 3. The Hall–Kier alpha value is -1.55. The molecule has 1 fully saturated rings. The van der Waals surface area contributed by atoms with Crippen LogP contribution in [-0.2, 0) is 11.2 Å². The molecule has 0 saturated heterocycles.